The minimum atomic E-state index is -3.99. The van der Waals surface area contributed by atoms with E-state index in [1.807, 2.05) is 24.3 Å². The molecule has 1 aliphatic heterocycles. The van der Waals surface area contributed by atoms with Crippen molar-refractivity contribution in [2.75, 3.05) is 32.1 Å². The van der Waals surface area contributed by atoms with Crippen LogP contribution in [-0.2, 0) is 24.3 Å². The number of ether oxygens (including phenoxy) is 1. The van der Waals surface area contributed by atoms with Crippen LogP contribution < -0.4 is 5.32 Å². The number of esters is 1. The van der Waals surface area contributed by atoms with E-state index in [0.717, 1.165) is 10.8 Å². The number of hydrogen-bond acceptors (Lipinski definition) is 7. The minimum Gasteiger partial charge on any atom is -0.462 e. The molecule has 2 amide bonds. The van der Waals surface area contributed by atoms with E-state index in [2.05, 4.69) is 17.9 Å². The first kappa shape index (κ1) is 27.6. The number of carbonyl (C=O) groups excluding carboxylic acids is 3. The number of nitrogens with one attached hydrogen (secondary N) is 1. The SMILES string of the molecule is CCOC(=O)c1cccc(NC(=O)CN(C)C(=O)[C@H]2C[C@@H](S)CN2S(=O)(=O)c2ccc3ccccc3c2)c1. The van der Waals surface area contributed by atoms with E-state index in [-0.39, 0.29) is 41.8 Å². The van der Waals surface area contributed by atoms with Crippen molar-refractivity contribution < 1.29 is 27.5 Å². The van der Waals surface area contributed by atoms with Gasteiger partial charge in [-0.3, -0.25) is 9.59 Å². The van der Waals surface area contributed by atoms with Crippen LogP contribution in [-0.4, -0.2) is 73.4 Å². The van der Waals surface area contributed by atoms with Crippen molar-refractivity contribution in [3.8, 4) is 0 Å². The molecule has 0 spiro atoms. The largest absolute Gasteiger partial charge is 0.462 e. The number of rotatable bonds is 8. The fraction of sp³-hybridized carbons (Fsp3) is 0.296. The second-order valence-electron chi connectivity index (χ2n) is 9.03. The number of fused-ring (bicyclic) bond motifs is 1. The summed E-state index contributed by atoms with van der Waals surface area (Å²) < 4.78 is 33.3. The Morgan fingerprint density at radius 2 is 1.79 bits per heavy atom. The van der Waals surface area contributed by atoms with Crippen molar-refractivity contribution in [1.29, 1.82) is 0 Å². The summed E-state index contributed by atoms with van der Waals surface area (Å²) in [6, 6.07) is 17.6. The van der Waals surface area contributed by atoms with Crippen molar-refractivity contribution in [2.24, 2.45) is 0 Å². The Hall–Kier alpha value is -3.41. The molecule has 0 unspecified atom stereocenters. The molecule has 1 fully saturated rings. The van der Waals surface area contributed by atoms with Gasteiger partial charge in [0.25, 0.3) is 0 Å². The monoisotopic (exact) mass is 555 g/mol. The topological polar surface area (TPSA) is 113 Å². The highest BCUT2D eigenvalue weighted by Crippen LogP contribution is 2.31. The Bertz CT molecular complexity index is 1480. The fourth-order valence-electron chi connectivity index (χ4n) is 4.42. The quantitative estimate of drug-likeness (QED) is 0.326. The number of benzene rings is 3. The van der Waals surface area contributed by atoms with Crippen molar-refractivity contribution in [1.82, 2.24) is 9.21 Å². The third kappa shape index (κ3) is 6.01. The summed E-state index contributed by atoms with van der Waals surface area (Å²) in [5.41, 5.74) is 0.660. The molecule has 3 aromatic carbocycles. The van der Waals surface area contributed by atoms with Crippen LogP contribution in [0.1, 0.15) is 23.7 Å². The van der Waals surface area contributed by atoms with Crippen LogP contribution >= 0.6 is 12.6 Å². The molecular formula is C27H29N3O6S2. The normalized spacial score (nSPS) is 17.8. The van der Waals surface area contributed by atoms with E-state index in [1.54, 1.807) is 37.3 Å². The molecule has 1 aliphatic rings. The maximum Gasteiger partial charge on any atom is 0.338 e. The van der Waals surface area contributed by atoms with E-state index < -0.39 is 33.8 Å². The summed E-state index contributed by atoms with van der Waals surface area (Å²) in [4.78, 5) is 39.3. The Kier molecular flexibility index (Phi) is 8.39. The molecule has 200 valence electrons. The molecule has 0 aromatic heterocycles. The lowest BCUT2D eigenvalue weighted by Crippen LogP contribution is -2.48. The fourth-order valence-corrected chi connectivity index (χ4v) is 6.58. The molecule has 2 atom stereocenters. The molecular weight excluding hydrogens is 526 g/mol. The van der Waals surface area contributed by atoms with E-state index >= 15 is 0 Å². The Morgan fingerprint density at radius 1 is 1.05 bits per heavy atom. The van der Waals surface area contributed by atoms with Crippen molar-refractivity contribution in [2.45, 2.75) is 29.5 Å². The molecule has 0 saturated carbocycles. The number of sulfonamides is 1. The molecule has 0 bridgehead atoms. The molecule has 9 nitrogen and oxygen atoms in total. The molecule has 3 aromatic rings. The van der Waals surface area contributed by atoms with Crippen LogP contribution in [0.4, 0.5) is 5.69 Å². The zero-order valence-corrected chi connectivity index (χ0v) is 22.7. The van der Waals surface area contributed by atoms with Gasteiger partial charge in [-0.05, 0) is 54.4 Å². The molecule has 4 rings (SSSR count). The lowest BCUT2D eigenvalue weighted by Gasteiger charge is -2.27. The second-order valence-corrected chi connectivity index (χ2v) is 11.7. The first-order valence-electron chi connectivity index (χ1n) is 12.1. The summed E-state index contributed by atoms with van der Waals surface area (Å²) in [6.45, 7) is 1.70. The average molecular weight is 556 g/mol. The smallest absolute Gasteiger partial charge is 0.338 e. The molecule has 0 radical (unpaired) electrons. The van der Waals surface area contributed by atoms with Gasteiger partial charge < -0.3 is 15.0 Å². The molecule has 1 heterocycles. The Balaban J connectivity index is 1.46. The van der Waals surface area contributed by atoms with Crippen LogP contribution in [0, 0.1) is 0 Å². The molecule has 11 heteroatoms. The van der Waals surface area contributed by atoms with E-state index in [4.69, 9.17) is 4.74 Å². The standard InChI is InChI=1S/C27H29N3O6S2/c1-3-36-27(33)20-9-6-10-21(13-20)28-25(31)17-29(2)26(32)24-15-22(37)16-30(24)38(34,35)23-12-11-18-7-4-5-8-19(18)14-23/h4-14,22,24,37H,3,15-17H2,1-2H3,(H,28,31)/t22-,24-/m1/s1. The number of nitrogens with zero attached hydrogens (tertiary/aromatic N) is 2. The number of likely N-dealkylation sites (N-methyl/N-ethyl adjacent to an activating group) is 1. The highest BCUT2D eigenvalue weighted by molar-refractivity contribution is 7.89. The number of amides is 2. The number of carbonyl (C=O) groups is 3. The van der Waals surface area contributed by atoms with E-state index in [9.17, 15) is 22.8 Å². The molecule has 1 saturated heterocycles. The predicted molar refractivity (Wildman–Crippen MR) is 148 cm³/mol. The number of thiol groups is 1. The second kappa shape index (κ2) is 11.5. The zero-order chi connectivity index (χ0) is 27.4. The summed E-state index contributed by atoms with van der Waals surface area (Å²) >= 11 is 4.46. The van der Waals surface area contributed by atoms with Gasteiger partial charge >= 0.3 is 5.97 Å². The first-order chi connectivity index (χ1) is 18.1. The van der Waals surface area contributed by atoms with Crippen LogP contribution in [0.5, 0.6) is 0 Å². The van der Waals surface area contributed by atoms with Crippen molar-refractivity contribution >= 4 is 56.9 Å². The average Bonchev–Trinajstić information content (AvgIpc) is 3.30. The highest BCUT2D eigenvalue weighted by atomic mass is 32.2. The van der Waals surface area contributed by atoms with Crippen LogP contribution in [0.25, 0.3) is 10.8 Å². The Labute approximate surface area is 227 Å². The molecule has 1 N–H and O–H groups in total. The highest BCUT2D eigenvalue weighted by Gasteiger charge is 2.44. The number of hydrogen-bond donors (Lipinski definition) is 2. The van der Waals surface area contributed by atoms with Gasteiger partial charge in [-0.1, -0.05) is 36.4 Å². The van der Waals surface area contributed by atoms with Crippen molar-refractivity contribution in [3.63, 3.8) is 0 Å². The van der Waals surface area contributed by atoms with Gasteiger partial charge in [-0.15, -0.1) is 0 Å². The van der Waals surface area contributed by atoms with Crippen LogP contribution in [0.15, 0.2) is 71.6 Å². The lowest BCUT2D eigenvalue weighted by atomic mass is 10.1. The van der Waals surface area contributed by atoms with Gasteiger partial charge in [-0.2, -0.15) is 16.9 Å². The zero-order valence-electron chi connectivity index (χ0n) is 21.0. The number of anilines is 1. The Morgan fingerprint density at radius 3 is 2.53 bits per heavy atom. The van der Waals surface area contributed by atoms with Gasteiger partial charge in [0, 0.05) is 24.5 Å². The predicted octanol–water partition coefficient (Wildman–Crippen LogP) is 3.18. The summed E-state index contributed by atoms with van der Waals surface area (Å²) in [5.74, 6) is -1.50. The maximum atomic E-state index is 13.6. The minimum absolute atomic E-state index is 0.0787. The van der Waals surface area contributed by atoms with Crippen LogP contribution in [0.3, 0.4) is 0 Å². The van der Waals surface area contributed by atoms with Gasteiger partial charge in [-0.25, -0.2) is 13.2 Å². The summed E-state index contributed by atoms with van der Waals surface area (Å²) in [7, 11) is -2.54. The van der Waals surface area contributed by atoms with Gasteiger partial charge in [0.15, 0.2) is 0 Å². The third-order valence-corrected chi connectivity index (χ3v) is 8.51. The third-order valence-electron chi connectivity index (χ3n) is 6.26. The van der Waals surface area contributed by atoms with E-state index in [1.165, 1.54) is 28.4 Å². The van der Waals surface area contributed by atoms with Gasteiger partial charge in [0.2, 0.25) is 21.8 Å². The first-order valence-corrected chi connectivity index (χ1v) is 14.1. The van der Waals surface area contributed by atoms with Crippen LogP contribution in [0.2, 0.25) is 0 Å². The van der Waals surface area contributed by atoms with Gasteiger partial charge in [0.1, 0.15) is 6.04 Å². The lowest BCUT2D eigenvalue weighted by molar-refractivity contribution is -0.136. The van der Waals surface area contributed by atoms with Gasteiger partial charge in [0.05, 0.1) is 23.6 Å². The summed E-state index contributed by atoms with van der Waals surface area (Å²) in [5, 5.41) is 4.02. The summed E-state index contributed by atoms with van der Waals surface area (Å²) in [6.07, 6.45) is 0.225. The maximum absolute atomic E-state index is 13.6. The van der Waals surface area contributed by atoms with E-state index in [0.29, 0.717) is 5.69 Å². The molecule has 0 aliphatic carbocycles. The molecule has 38 heavy (non-hydrogen) atoms. The van der Waals surface area contributed by atoms with Crippen molar-refractivity contribution in [3.05, 3.63) is 72.3 Å².